The summed E-state index contributed by atoms with van der Waals surface area (Å²) in [6, 6.07) is 5.17. The van der Waals surface area contributed by atoms with E-state index in [2.05, 4.69) is 0 Å². The second kappa shape index (κ2) is 3.20. The van der Waals surface area contributed by atoms with Crippen LogP contribution in [0.3, 0.4) is 0 Å². The van der Waals surface area contributed by atoms with Gasteiger partial charge in [-0.15, -0.1) is 0 Å². The van der Waals surface area contributed by atoms with Crippen molar-refractivity contribution < 1.29 is 13.9 Å². The normalized spacial score (nSPS) is 13.5. The van der Waals surface area contributed by atoms with Crippen molar-refractivity contribution in [1.82, 2.24) is 0 Å². The van der Waals surface area contributed by atoms with E-state index in [0.29, 0.717) is 18.5 Å². The fraction of sp³-hybridized carbons (Fsp3) is 0.167. The minimum atomic E-state index is -0.595. The summed E-state index contributed by atoms with van der Waals surface area (Å²) in [6.45, 7) is 0.605. The van der Waals surface area contributed by atoms with Gasteiger partial charge in [-0.2, -0.15) is 0 Å². The summed E-state index contributed by atoms with van der Waals surface area (Å²) in [5.74, 6) is 0.759. The number of benzene rings is 1. The van der Waals surface area contributed by atoms with E-state index in [1.807, 2.05) is 6.07 Å². The highest BCUT2D eigenvalue weighted by atomic mass is 16.5. The lowest BCUT2D eigenvalue weighted by Gasteiger charge is -2.02. The minimum absolute atomic E-state index is 0.0476. The number of aldehydes is 1. The predicted octanol–water partition coefficient (Wildman–Crippen LogP) is 1.54. The van der Waals surface area contributed by atoms with Crippen molar-refractivity contribution in [3.8, 4) is 5.75 Å². The molecule has 80 valence electrons. The fourth-order valence-corrected chi connectivity index (χ4v) is 1.96. The van der Waals surface area contributed by atoms with Crippen LogP contribution in [0.2, 0.25) is 0 Å². The molecule has 0 saturated carbocycles. The quantitative estimate of drug-likeness (QED) is 0.536. The van der Waals surface area contributed by atoms with Gasteiger partial charge >= 0.3 is 5.63 Å². The molecule has 4 nitrogen and oxygen atoms in total. The molecule has 0 unspecified atom stereocenters. The van der Waals surface area contributed by atoms with Gasteiger partial charge in [0.1, 0.15) is 16.9 Å². The number of carbonyl (C=O) groups excluding carboxylic acids is 1. The third-order valence-electron chi connectivity index (χ3n) is 2.73. The number of carbonyl (C=O) groups is 1. The van der Waals surface area contributed by atoms with Gasteiger partial charge in [0.05, 0.1) is 6.61 Å². The predicted molar refractivity (Wildman–Crippen MR) is 57.1 cm³/mol. The summed E-state index contributed by atoms with van der Waals surface area (Å²) in [5.41, 5.74) is 0.895. The van der Waals surface area contributed by atoms with Crippen LogP contribution in [0.25, 0.3) is 11.0 Å². The van der Waals surface area contributed by atoms with Crippen LogP contribution in [0, 0.1) is 0 Å². The Morgan fingerprint density at radius 1 is 1.31 bits per heavy atom. The van der Waals surface area contributed by atoms with E-state index in [1.165, 1.54) is 0 Å². The molecule has 1 aromatic heterocycles. The number of fused-ring (bicyclic) bond motifs is 3. The first-order valence-electron chi connectivity index (χ1n) is 4.97. The van der Waals surface area contributed by atoms with E-state index >= 15 is 0 Å². The topological polar surface area (TPSA) is 56.5 Å². The Bertz CT molecular complexity index is 639. The van der Waals surface area contributed by atoms with Crippen LogP contribution in [0.1, 0.15) is 15.9 Å². The number of hydrogen-bond donors (Lipinski definition) is 0. The zero-order chi connectivity index (χ0) is 11.1. The molecule has 1 aliphatic rings. The molecule has 2 heterocycles. The van der Waals surface area contributed by atoms with Crippen molar-refractivity contribution in [3.05, 3.63) is 39.7 Å². The number of ether oxygens (including phenoxy) is 1. The second-order valence-electron chi connectivity index (χ2n) is 3.67. The Labute approximate surface area is 90.4 Å². The first-order valence-corrected chi connectivity index (χ1v) is 4.97. The van der Waals surface area contributed by atoms with Crippen LogP contribution >= 0.6 is 0 Å². The maximum atomic E-state index is 11.4. The summed E-state index contributed by atoms with van der Waals surface area (Å²) < 4.78 is 10.5. The Hall–Kier alpha value is -2.10. The Kier molecular flexibility index (Phi) is 1.83. The Morgan fingerprint density at radius 2 is 2.19 bits per heavy atom. The van der Waals surface area contributed by atoms with E-state index in [9.17, 15) is 9.59 Å². The van der Waals surface area contributed by atoms with Crippen molar-refractivity contribution in [2.24, 2.45) is 0 Å². The Morgan fingerprint density at radius 3 is 3.00 bits per heavy atom. The van der Waals surface area contributed by atoms with Gasteiger partial charge in [0.2, 0.25) is 0 Å². The smallest absolute Gasteiger partial charge is 0.346 e. The maximum Gasteiger partial charge on any atom is 0.346 e. The monoisotopic (exact) mass is 216 g/mol. The van der Waals surface area contributed by atoms with Gasteiger partial charge in [0, 0.05) is 17.4 Å². The molecule has 4 heteroatoms. The minimum Gasteiger partial charge on any atom is -0.493 e. The molecule has 3 rings (SSSR count). The van der Waals surface area contributed by atoms with Gasteiger partial charge < -0.3 is 9.15 Å². The van der Waals surface area contributed by atoms with Crippen LogP contribution in [0.4, 0.5) is 0 Å². The standard InChI is InChI=1S/C12H8O4/c13-6-8-5-7-1-2-10-9(3-4-15-10)11(7)16-12(8)14/h1-2,5-6H,3-4H2. The van der Waals surface area contributed by atoms with Crippen LogP contribution in [-0.2, 0) is 6.42 Å². The van der Waals surface area contributed by atoms with Gasteiger partial charge in [-0.1, -0.05) is 0 Å². The molecule has 1 aromatic carbocycles. The van der Waals surface area contributed by atoms with Crippen molar-refractivity contribution >= 4 is 17.3 Å². The lowest BCUT2D eigenvalue weighted by molar-refractivity contribution is 0.112. The van der Waals surface area contributed by atoms with Crippen LogP contribution < -0.4 is 10.4 Å². The molecular formula is C12H8O4. The summed E-state index contributed by atoms with van der Waals surface area (Å²) >= 11 is 0. The molecular weight excluding hydrogens is 208 g/mol. The van der Waals surface area contributed by atoms with E-state index in [0.717, 1.165) is 23.1 Å². The molecule has 2 aromatic rings. The van der Waals surface area contributed by atoms with E-state index in [-0.39, 0.29) is 5.56 Å². The molecule has 0 spiro atoms. The first kappa shape index (κ1) is 9.15. The Balaban J connectivity index is 2.42. The zero-order valence-corrected chi connectivity index (χ0v) is 8.36. The molecule has 0 aliphatic carbocycles. The highest BCUT2D eigenvalue weighted by Gasteiger charge is 2.18. The van der Waals surface area contributed by atoms with Gasteiger partial charge in [-0.3, -0.25) is 4.79 Å². The molecule has 16 heavy (non-hydrogen) atoms. The average molecular weight is 216 g/mol. The summed E-state index contributed by atoms with van der Waals surface area (Å²) in [5, 5.41) is 0.756. The van der Waals surface area contributed by atoms with Crippen LogP contribution in [-0.4, -0.2) is 12.9 Å². The van der Waals surface area contributed by atoms with Gasteiger partial charge in [0.15, 0.2) is 6.29 Å². The molecule has 0 bridgehead atoms. The van der Waals surface area contributed by atoms with Crippen LogP contribution in [0.15, 0.2) is 27.4 Å². The lowest BCUT2D eigenvalue weighted by atomic mass is 10.1. The van der Waals surface area contributed by atoms with Crippen molar-refractivity contribution in [2.45, 2.75) is 6.42 Å². The molecule has 0 N–H and O–H groups in total. The number of rotatable bonds is 1. The zero-order valence-electron chi connectivity index (χ0n) is 8.36. The number of hydrogen-bond acceptors (Lipinski definition) is 4. The van der Waals surface area contributed by atoms with E-state index in [1.54, 1.807) is 12.1 Å². The molecule has 0 saturated heterocycles. The third kappa shape index (κ3) is 1.16. The van der Waals surface area contributed by atoms with E-state index in [4.69, 9.17) is 9.15 Å². The molecule has 0 atom stereocenters. The average Bonchev–Trinajstić information content (AvgIpc) is 2.76. The first-order chi connectivity index (χ1) is 7.79. The lowest BCUT2D eigenvalue weighted by Crippen LogP contribution is -2.06. The van der Waals surface area contributed by atoms with E-state index < -0.39 is 5.63 Å². The van der Waals surface area contributed by atoms with Gasteiger partial charge in [0.25, 0.3) is 0 Å². The highest BCUT2D eigenvalue weighted by Crippen LogP contribution is 2.31. The maximum absolute atomic E-state index is 11.4. The van der Waals surface area contributed by atoms with Gasteiger partial charge in [-0.05, 0) is 18.2 Å². The fourth-order valence-electron chi connectivity index (χ4n) is 1.96. The molecule has 0 fully saturated rings. The van der Waals surface area contributed by atoms with Crippen molar-refractivity contribution in [1.29, 1.82) is 0 Å². The summed E-state index contributed by atoms with van der Waals surface area (Å²) in [7, 11) is 0. The summed E-state index contributed by atoms with van der Waals surface area (Å²) in [6.07, 6.45) is 1.24. The molecule has 1 aliphatic heterocycles. The van der Waals surface area contributed by atoms with Crippen molar-refractivity contribution in [3.63, 3.8) is 0 Å². The van der Waals surface area contributed by atoms with Gasteiger partial charge in [-0.25, -0.2) is 4.79 Å². The SMILES string of the molecule is O=Cc1cc2ccc3c(c2oc1=O)CCO3. The molecule has 0 radical (unpaired) electrons. The molecule has 0 amide bonds. The third-order valence-corrected chi connectivity index (χ3v) is 2.73. The van der Waals surface area contributed by atoms with Crippen LogP contribution in [0.5, 0.6) is 5.75 Å². The highest BCUT2D eigenvalue weighted by molar-refractivity contribution is 5.87. The van der Waals surface area contributed by atoms with Crippen molar-refractivity contribution in [2.75, 3.05) is 6.61 Å². The summed E-state index contributed by atoms with van der Waals surface area (Å²) in [4.78, 5) is 22.0. The largest absolute Gasteiger partial charge is 0.493 e. The second-order valence-corrected chi connectivity index (χ2v) is 3.67.